The second-order valence-corrected chi connectivity index (χ2v) is 5.79. The van der Waals surface area contributed by atoms with E-state index in [0.717, 1.165) is 36.9 Å². The summed E-state index contributed by atoms with van der Waals surface area (Å²) in [6.07, 6.45) is 6.19. The molecule has 0 bridgehead atoms. The fourth-order valence-corrected chi connectivity index (χ4v) is 3.15. The number of fused-ring (bicyclic) bond motifs is 1. The third-order valence-electron chi connectivity index (χ3n) is 3.38. The molecule has 1 aromatic rings. The summed E-state index contributed by atoms with van der Waals surface area (Å²) in [5.74, 6) is -0.0754. The second kappa shape index (κ2) is 5.70. The summed E-state index contributed by atoms with van der Waals surface area (Å²) in [5.41, 5.74) is 3.08. The van der Waals surface area contributed by atoms with Crippen molar-refractivity contribution in [3.05, 3.63) is 23.0 Å². The van der Waals surface area contributed by atoms with Gasteiger partial charge in [0, 0.05) is 0 Å². The van der Waals surface area contributed by atoms with Crippen molar-refractivity contribution in [3.63, 3.8) is 0 Å². The lowest BCUT2D eigenvalue weighted by atomic mass is 9.91. The molecule has 1 aromatic heterocycles. The standard InChI is InChI=1S/C13H14N4O2S/c18-11(15-13-16-12(19)7-20-13)5-10-9-4-2-1-3-8(9)6-14-17-10/h6H,1-5,7H2,(H,15,16,18,19). The molecule has 1 aliphatic heterocycles. The lowest BCUT2D eigenvalue weighted by Crippen LogP contribution is -2.21. The third kappa shape index (κ3) is 2.87. The maximum Gasteiger partial charge on any atom is 0.254 e. The van der Waals surface area contributed by atoms with Crippen LogP contribution in [0.4, 0.5) is 0 Å². The van der Waals surface area contributed by atoms with E-state index >= 15 is 0 Å². The molecule has 7 heteroatoms. The number of hydrogen-bond donors (Lipinski definition) is 1. The molecule has 2 amide bonds. The predicted octanol–water partition coefficient (Wildman–Crippen LogP) is 0.643. The molecule has 0 spiro atoms. The Kier molecular flexibility index (Phi) is 3.77. The minimum atomic E-state index is -0.289. The average Bonchev–Trinajstić information content (AvgIpc) is 2.84. The number of carbonyl (C=O) groups excluding carboxylic acids is 2. The molecule has 20 heavy (non-hydrogen) atoms. The molecule has 6 nitrogen and oxygen atoms in total. The molecule has 0 radical (unpaired) electrons. The minimum absolute atomic E-state index is 0.113. The van der Waals surface area contributed by atoms with Gasteiger partial charge in [0.25, 0.3) is 5.91 Å². The van der Waals surface area contributed by atoms with Crippen molar-refractivity contribution < 1.29 is 9.59 Å². The minimum Gasteiger partial charge on any atom is -0.304 e. The van der Waals surface area contributed by atoms with Gasteiger partial charge in [-0.2, -0.15) is 15.2 Å². The van der Waals surface area contributed by atoms with E-state index in [9.17, 15) is 9.59 Å². The van der Waals surface area contributed by atoms with Crippen LogP contribution >= 0.6 is 11.8 Å². The van der Waals surface area contributed by atoms with Gasteiger partial charge in [0.15, 0.2) is 5.17 Å². The molecule has 0 atom stereocenters. The van der Waals surface area contributed by atoms with Crippen LogP contribution in [-0.2, 0) is 28.9 Å². The SMILES string of the molecule is O=C(Cc1nncc2c1CCCC2)N=C1NC(=O)CS1. The van der Waals surface area contributed by atoms with Crippen molar-refractivity contribution in [1.29, 1.82) is 0 Å². The second-order valence-electron chi connectivity index (χ2n) is 4.83. The lowest BCUT2D eigenvalue weighted by Gasteiger charge is -2.16. The highest BCUT2D eigenvalue weighted by molar-refractivity contribution is 8.15. The number of amides is 2. The number of nitrogens with one attached hydrogen (secondary N) is 1. The molecule has 1 fully saturated rings. The zero-order valence-corrected chi connectivity index (χ0v) is 11.7. The Labute approximate surface area is 120 Å². The van der Waals surface area contributed by atoms with Crippen LogP contribution in [0.25, 0.3) is 0 Å². The van der Waals surface area contributed by atoms with E-state index in [1.165, 1.54) is 17.3 Å². The maximum absolute atomic E-state index is 11.9. The normalized spacial score (nSPS) is 19.8. The van der Waals surface area contributed by atoms with Gasteiger partial charge in [-0.25, -0.2) is 0 Å². The summed E-state index contributed by atoms with van der Waals surface area (Å²) in [6.45, 7) is 0. The zero-order chi connectivity index (χ0) is 13.9. The molecular formula is C13H14N4O2S. The van der Waals surface area contributed by atoms with Crippen molar-refractivity contribution in [2.75, 3.05) is 5.75 Å². The predicted molar refractivity (Wildman–Crippen MR) is 75.4 cm³/mol. The molecule has 0 aromatic carbocycles. The van der Waals surface area contributed by atoms with Crippen molar-refractivity contribution in [1.82, 2.24) is 15.5 Å². The van der Waals surface area contributed by atoms with Crippen LogP contribution in [-0.4, -0.2) is 32.9 Å². The lowest BCUT2D eigenvalue weighted by molar-refractivity contribution is -0.117. The van der Waals surface area contributed by atoms with Crippen LogP contribution in [0.2, 0.25) is 0 Å². The van der Waals surface area contributed by atoms with Gasteiger partial charge in [0.1, 0.15) is 0 Å². The Morgan fingerprint density at radius 3 is 3.05 bits per heavy atom. The van der Waals surface area contributed by atoms with Gasteiger partial charge in [0.2, 0.25) is 5.91 Å². The third-order valence-corrected chi connectivity index (χ3v) is 4.26. The number of amidine groups is 1. The Hall–Kier alpha value is -1.76. The number of rotatable bonds is 2. The Morgan fingerprint density at radius 1 is 1.40 bits per heavy atom. The number of carbonyl (C=O) groups is 2. The van der Waals surface area contributed by atoms with Gasteiger partial charge >= 0.3 is 0 Å². The summed E-state index contributed by atoms with van der Waals surface area (Å²) >= 11 is 1.25. The molecule has 2 heterocycles. The van der Waals surface area contributed by atoms with E-state index in [0.29, 0.717) is 10.9 Å². The Balaban J connectivity index is 1.75. The van der Waals surface area contributed by atoms with E-state index in [-0.39, 0.29) is 18.2 Å². The molecular weight excluding hydrogens is 276 g/mol. The molecule has 1 aliphatic carbocycles. The van der Waals surface area contributed by atoms with Crippen LogP contribution in [0, 0.1) is 0 Å². The highest BCUT2D eigenvalue weighted by Crippen LogP contribution is 2.22. The van der Waals surface area contributed by atoms with Gasteiger partial charge < -0.3 is 5.32 Å². The first-order chi connectivity index (χ1) is 9.72. The first-order valence-corrected chi connectivity index (χ1v) is 7.57. The fraction of sp³-hybridized carbons (Fsp3) is 0.462. The molecule has 2 aliphatic rings. The maximum atomic E-state index is 11.9. The largest absolute Gasteiger partial charge is 0.304 e. The van der Waals surface area contributed by atoms with Crippen LogP contribution in [0.5, 0.6) is 0 Å². The van der Waals surface area contributed by atoms with E-state index < -0.39 is 0 Å². The number of thioether (sulfide) groups is 1. The summed E-state index contributed by atoms with van der Waals surface area (Å²) in [4.78, 5) is 26.9. The zero-order valence-electron chi connectivity index (χ0n) is 10.9. The molecule has 3 rings (SSSR count). The van der Waals surface area contributed by atoms with E-state index in [2.05, 4.69) is 20.5 Å². The van der Waals surface area contributed by atoms with Crippen LogP contribution < -0.4 is 5.32 Å². The van der Waals surface area contributed by atoms with Crippen molar-refractivity contribution >= 4 is 28.7 Å². The van der Waals surface area contributed by atoms with Crippen molar-refractivity contribution in [2.24, 2.45) is 4.99 Å². The Bertz CT molecular complexity index is 600. The highest BCUT2D eigenvalue weighted by Gasteiger charge is 2.20. The van der Waals surface area contributed by atoms with Crippen LogP contribution in [0.3, 0.4) is 0 Å². The molecule has 1 saturated heterocycles. The number of nitrogens with zero attached hydrogens (tertiary/aromatic N) is 3. The molecule has 104 valence electrons. The van der Waals surface area contributed by atoms with Gasteiger partial charge in [-0.1, -0.05) is 11.8 Å². The van der Waals surface area contributed by atoms with Crippen LogP contribution in [0.15, 0.2) is 11.2 Å². The summed E-state index contributed by atoms with van der Waals surface area (Å²) < 4.78 is 0. The molecule has 0 unspecified atom stereocenters. The van der Waals surface area contributed by atoms with E-state index in [1.807, 2.05) is 0 Å². The number of aryl methyl sites for hydroxylation is 1. The number of aliphatic imine (C=N–C) groups is 1. The van der Waals surface area contributed by atoms with Gasteiger partial charge in [-0.05, 0) is 36.8 Å². The topological polar surface area (TPSA) is 84.3 Å². The first-order valence-electron chi connectivity index (χ1n) is 6.59. The fourth-order valence-electron chi connectivity index (χ4n) is 2.45. The van der Waals surface area contributed by atoms with E-state index in [1.54, 1.807) is 6.20 Å². The van der Waals surface area contributed by atoms with Gasteiger partial charge in [0.05, 0.1) is 24.1 Å². The summed E-state index contributed by atoms with van der Waals surface area (Å²) in [6, 6.07) is 0. The average molecular weight is 290 g/mol. The first kappa shape index (κ1) is 13.2. The van der Waals surface area contributed by atoms with Gasteiger partial charge in [-0.3, -0.25) is 9.59 Å². The van der Waals surface area contributed by atoms with Gasteiger partial charge in [-0.15, -0.1) is 0 Å². The van der Waals surface area contributed by atoms with Crippen molar-refractivity contribution in [3.8, 4) is 0 Å². The van der Waals surface area contributed by atoms with Crippen molar-refractivity contribution in [2.45, 2.75) is 32.1 Å². The molecule has 0 saturated carbocycles. The summed E-state index contributed by atoms with van der Waals surface area (Å²) in [5, 5.41) is 11.0. The quantitative estimate of drug-likeness (QED) is 0.864. The molecule has 1 N–H and O–H groups in total. The highest BCUT2D eigenvalue weighted by atomic mass is 32.2. The summed E-state index contributed by atoms with van der Waals surface area (Å²) in [7, 11) is 0. The smallest absolute Gasteiger partial charge is 0.254 e. The number of aromatic nitrogens is 2. The number of hydrogen-bond acceptors (Lipinski definition) is 5. The van der Waals surface area contributed by atoms with Crippen LogP contribution in [0.1, 0.15) is 29.7 Å². The Morgan fingerprint density at radius 2 is 2.25 bits per heavy atom. The monoisotopic (exact) mass is 290 g/mol. The van der Waals surface area contributed by atoms with E-state index in [4.69, 9.17) is 0 Å².